The third-order valence-electron chi connectivity index (χ3n) is 2.95. The smallest absolute Gasteiger partial charge is 0.427 e. The Morgan fingerprint density at radius 1 is 1.36 bits per heavy atom. The molecule has 0 aliphatic heterocycles. The molecule has 1 atom stereocenters. The number of aromatic nitrogens is 2. The first-order valence-corrected chi connectivity index (χ1v) is 8.81. The Morgan fingerprint density at radius 2 is 2.04 bits per heavy atom. The van der Waals surface area contributed by atoms with E-state index >= 15 is 0 Å². The molecule has 0 spiro atoms. The van der Waals surface area contributed by atoms with Crippen molar-refractivity contribution in [2.24, 2.45) is 0 Å². The molecule has 6 nitrogen and oxygen atoms in total. The molecule has 1 heterocycles. The van der Waals surface area contributed by atoms with Crippen molar-refractivity contribution in [2.75, 3.05) is 12.0 Å². The molecular weight excluding hydrogens is 358 g/mol. The summed E-state index contributed by atoms with van der Waals surface area (Å²) in [6.07, 6.45) is -0.342. The molecule has 1 amide bonds. The molecule has 0 aliphatic rings. The normalized spacial score (nSPS) is 11.8. The monoisotopic (exact) mass is 372 g/mol. The van der Waals surface area contributed by atoms with Crippen molar-refractivity contribution in [1.29, 1.82) is 0 Å². The molecule has 2 rings (SSSR count). The van der Waals surface area contributed by atoms with Gasteiger partial charge in [0, 0.05) is 12.5 Å². The highest BCUT2D eigenvalue weighted by Gasteiger charge is 2.39. The number of benzene rings is 1. The summed E-state index contributed by atoms with van der Waals surface area (Å²) < 4.78 is 44.8. The third-order valence-corrected chi connectivity index (χ3v) is 4.04. The van der Waals surface area contributed by atoms with Crippen LogP contribution in [-0.4, -0.2) is 34.2 Å². The first kappa shape index (κ1) is 18.7. The molecule has 0 radical (unpaired) electrons. The Morgan fingerprint density at radius 3 is 2.60 bits per heavy atom. The van der Waals surface area contributed by atoms with Crippen LogP contribution >= 0.6 is 7.70 Å². The standard InChI is InChI=1S/C15H13F3N3O3P/c1-9(22)24-11-6-4-5-10(7-11)13(23)20-14-19-8-12(15(16,17)18)21(14)25(2)3/h4-8H,2H2,1,3H3/p+1. The molecule has 25 heavy (non-hydrogen) atoms. The summed E-state index contributed by atoms with van der Waals surface area (Å²) in [7, 11) is -1.48. The Balaban J connectivity index is 2.31. The molecule has 0 fully saturated rings. The number of carbonyl (C=O) groups excluding carboxylic acids is 2. The zero-order chi connectivity index (χ0) is 18.8. The van der Waals surface area contributed by atoms with E-state index in [1.165, 1.54) is 37.9 Å². The first-order chi connectivity index (χ1) is 11.6. The van der Waals surface area contributed by atoms with Crippen LogP contribution in [0.5, 0.6) is 5.75 Å². The molecule has 10 heteroatoms. The van der Waals surface area contributed by atoms with Crippen LogP contribution in [0.2, 0.25) is 0 Å². The first-order valence-electron chi connectivity index (χ1n) is 6.89. The topological polar surface area (TPSA) is 73.2 Å². The lowest BCUT2D eigenvalue weighted by molar-refractivity contribution is -0.141. The lowest BCUT2D eigenvalue weighted by Crippen LogP contribution is -2.17. The molecule has 1 unspecified atom stereocenters. The van der Waals surface area contributed by atoms with Crippen LogP contribution in [0.1, 0.15) is 23.0 Å². The van der Waals surface area contributed by atoms with Gasteiger partial charge in [-0.2, -0.15) is 13.2 Å². The van der Waals surface area contributed by atoms with Crippen molar-refractivity contribution in [3.05, 3.63) is 41.7 Å². The summed E-state index contributed by atoms with van der Waals surface area (Å²) in [5, 5.41) is 2.33. The fourth-order valence-corrected chi connectivity index (χ4v) is 2.97. The van der Waals surface area contributed by atoms with Crippen LogP contribution in [0.15, 0.2) is 30.5 Å². The molecule has 2 aromatic rings. The van der Waals surface area contributed by atoms with Gasteiger partial charge in [-0.05, 0) is 18.2 Å². The van der Waals surface area contributed by atoms with Gasteiger partial charge in [0.25, 0.3) is 5.91 Å². The van der Waals surface area contributed by atoms with E-state index in [0.717, 1.165) is 4.34 Å². The van der Waals surface area contributed by atoms with Gasteiger partial charge in [-0.15, -0.1) is 4.34 Å². The Bertz CT molecular complexity index is 846. The lowest BCUT2D eigenvalue weighted by Gasteiger charge is -2.08. The minimum atomic E-state index is -4.61. The van der Waals surface area contributed by atoms with Crippen molar-refractivity contribution >= 4 is 31.8 Å². The number of nitrogens with one attached hydrogen (secondary N) is 1. The number of ether oxygens (including phenoxy) is 1. The third kappa shape index (κ3) is 4.45. The zero-order valence-electron chi connectivity index (χ0n) is 13.3. The van der Waals surface area contributed by atoms with Crippen LogP contribution in [-0.2, 0) is 11.0 Å². The highest BCUT2D eigenvalue weighted by atomic mass is 31.1. The number of alkyl halides is 3. The van der Waals surface area contributed by atoms with E-state index in [9.17, 15) is 22.8 Å². The number of rotatable bonds is 4. The lowest BCUT2D eigenvalue weighted by atomic mass is 10.2. The Kier molecular flexibility index (Phi) is 5.27. The Hall–Kier alpha value is -2.67. The highest BCUT2D eigenvalue weighted by molar-refractivity contribution is 7.53. The number of hydrogen-bond acceptors (Lipinski definition) is 4. The average Bonchev–Trinajstić information content (AvgIpc) is 2.90. The second kappa shape index (κ2) is 7.06. The van der Waals surface area contributed by atoms with Crippen LogP contribution in [0.4, 0.5) is 19.1 Å². The van der Waals surface area contributed by atoms with Crippen LogP contribution in [0.25, 0.3) is 0 Å². The van der Waals surface area contributed by atoms with Crippen LogP contribution in [0.3, 0.4) is 0 Å². The molecule has 1 N–H and O–H groups in total. The molecule has 1 aromatic heterocycles. The van der Waals surface area contributed by atoms with Crippen molar-refractivity contribution in [3.63, 3.8) is 0 Å². The molecule has 0 saturated carbocycles. The van der Waals surface area contributed by atoms with Crippen molar-refractivity contribution in [1.82, 2.24) is 9.32 Å². The molecule has 0 aliphatic carbocycles. The van der Waals surface area contributed by atoms with Gasteiger partial charge in [0.1, 0.15) is 12.4 Å². The van der Waals surface area contributed by atoms with Gasteiger partial charge in [-0.1, -0.05) is 6.07 Å². The number of hydrogen-bond donors (Lipinski definition) is 1. The number of nitrogens with zero attached hydrogens (tertiary/aromatic N) is 2. The van der Waals surface area contributed by atoms with Crippen LogP contribution in [0, 0.1) is 0 Å². The van der Waals surface area contributed by atoms with Gasteiger partial charge in [0.05, 0.1) is 12.5 Å². The summed E-state index contributed by atoms with van der Waals surface area (Å²) in [6, 6.07) is 5.68. The maximum atomic E-state index is 13.0. The predicted molar refractivity (Wildman–Crippen MR) is 88.3 cm³/mol. The second-order valence-electron chi connectivity index (χ2n) is 5.01. The fraction of sp³-hybridized carbons (Fsp3) is 0.200. The summed E-state index contributed by atoms with van der Waals surface area (Å²) in [5.41, 5.74) is -0.883. The second-order valence-corrected chi connectivity index (χ2v) is 6.73. The number of carbonyl (C=O) groups is 2. The SMILES string of the molecule is C=[P+](C)n1c(C(F)(F)F)cnc1NC(=O)c1cccc(OC(C)=O)c1. The quantitative estimate of drug-likeness (QED) is 0.507. The predicted octanol–water partition coefficient (Wildman–Crippen LogP) is 3.39. The Labute approximate surface area is 142 Å². The van der Waals surface area contributed by atoms with Crippen molar-refractivity contribution < 1.29 is 27.5 Å². The molecule has 132 valence electrons. The summed E-state index contributed by atoms with van der Waals surface area (Å²) in [4.78, 5) is 26.9. The molecule has 0 saturated heterocycles. The van der Waals surface area contributed by atoms with Gasteiger partial charge in [-0.25, -0.2) is 4.98 Å². The average molecular weight is 372 g/mol. The number of esters is 1. The van der Waals surface area contributed by atoms with Gasteiger partial charge < -0.3 is 4.74 Å². The van der Waals surface area contributed by atoms with E-state index in [0.29, 0.717) is 6.20 Å². The summed E-state index contributed by atoms with van der Waals surface area (Å²) in [6.45, 7) is 2.71. The zero-order valence-corrected chi connectivity index (χ0v) is 14.2. The van der Waals surface area contributed by atoms with Gasteiger partial charge in [0.15, 0.2) is 5.69 Å². The van der Waals surface area contributed by atoms with E-state index in [4.69, 9.17) is 4.74 Å². The largest absolute Gasteiger partial charge is 0.437 e. The molecular formula is C15H14F3N3O3P+. The van der Waals surface area contributed by atoms with Gasteiger partial charge in [-0.3, -0.25) is 14.9 Å². The number of amides is 1. The fourth-order valence-electron chi connectivity index (χ4n) is 2.01. The van der Waals surface area contributed by atoms with Crippen molar-refractivity contribution in [3.8, 4) is 5.75 Å². The minimum Gasteiger partial charge on any atom is -0.427 e. The van der Waals surface area contributed by atoms with E-state index in [1.54, 1.807) is 0 Å². The highest BCUT2D eigenvalue weighted by Crippen LogP contribution is 2.37. The van der Waals surface area contributed by atoms with E-state index in [-0.39, 0.29) is 17.3 Å². The van der Waals surface area contributed by atoms with Crippen LogP contribution < -0.4 is 10.1 Å². The van der Waals surface area contributed by atoms with E-state index < -0.39 is 31.4 Å². The summed E-state index contributed by atoms with van der Waals surface area (Å²) >= 11 is 0. The van der Waals surface area contributed by atoms with E-state index in [2.05, 4.69) is 16.6 Å². The maximum absolute atomic E-state index is 13.0. The van der Waals surface area contributed by atoms with Gasteiger partial charge >= 0.3 is 12.1 Å². The summed E-state index contributed by atoms with van der Waals surface area (Å²) in [5.74, 6) is -1.35. The maximum Gasteiger partial charge on any atom is 0.437 e. The van der Waals surface area contributed by atoms with Crippen molar-refractivity contribution in [2.45, 2.75) is 13.1 Å². The number of anilines is 1. The molecule has 1 aromatic carbocycles. The van der Waals surface area contributed by atoms with E-state index in [1.807, 2.05) is 0 Å². The molecule has 0 bridgehead atoms. The number of halogens is 3. The number of imidazole rings is 1. The van der Waals surface area contributed by atoms with Gasteiger partial charge in [0.2, 0.25) is 13.6 Å². The minimum absolute atomic E-state index is 0.103.